The summed E-state index contributed by atoms with van der Waals surface area (Å²) in [5.74, 6) is -0.420. The van der Waals surface area contributed by atoms with Crippen LogP contribution in [-0.2, 0) is 18.3 Å². The number of carbonyl (C=O) groups is 2. The van der Waals surface area contributed by atoms with Gasteiger partial charge < -0.3 is 14.8 Å². The average molecular weight is 459 g/mol. The van der Waals surface area contributed by atoms with Crippen molar-refractivity contribution in [3.05, 3.63) is 102 Å². The van der Waals surface area contributed by atoms with Gasteiger partial charge in [0.15, 0.2) is 0 Å². The van der Waals surface area contributed by atoms with Gasteiger partial charge in [0.05, 0.1) is 23.9 Å². The van der Waals surface area contributed by atoms with Crippen molar-refractivity contribution >= 4 is 11.9 Å². The average Bonchev–Trinajstić information content (AvgIpc) is 3.29. The van der Waals surface area contributed by atoms with Crippen LogP contribution in [-0.4, -0.2) is 28.8 Å². The second-order valence-electron chi connectivity index (χ2n) is 7.48. The third kappa shape index (κ3) is 5.12. The van der Waals surface area contributed by atoms with Crippen LogP contribution < -0.4 is 10.1 Å². The molecule has 1 amide bonds. The highest BCUT2D eigenvalue weighted by Gasteiger charge is 2.16. The van der Waals surface area contributed by atoms with E-state index in [-0.39, 0.29) is 18.3 Å². The van der Waals surface area contributed by atoms with E-state index in [9.17, 15) is 14.0 Å². The van der Waals surface area contributed by atoms with Gasteiger partial charge >= 0.3 is 5.97 Å². The molecule has 4 aromatic rings. The van der Waals surface area contributed by atoms with Gasteiger partial charge in [-0.25, -0.2) is 9.18 Å². The van der Waals surface area contributed by atoms with E-state index in [1.807, 2.05) is 19.2 Å². The molecular weight excluding hydrogens is 437 g/mol. The Bertz CT molecular complexity index is 1310. The number of amides is 1. The molecule has 1 N–H and O–H groups in total. The number of esters is 1. The fourth-order valence-corrected chi connectivity index (χ4v) is 3.40. The van der Waals surface area contributed by atoms with Crippen molar-refractivity contribution in [3.8, 4) is 22.8 Å². The Morgan fingerprint density at radius 1 is 1.00 bits per heavy atom. The highest BCUT2D eigenvalue weighted by Crippen LogP contribution is 2.30. The van der Waals surface area contributed by atoms with Crippen LogP contribution in [0.5, 0.6) is 11.5 Å². The van der Waals surface area contributed by atoms with Crippen molar-refractivity contribution in [3.63, 3.8) is 0 Å². The molecule has 3 aromatic carbocycles. The normalized spacial score (nSPS) is 10.6. The molecule has 0 saturated heterocycles. The van der Waals surface area contributed by atoms with E-state index in [4.69, 9.17) is 9.47 Å². The van der Waals surface area contributed by atoms with Crippen LogP contribution in [0.25, 0.3) is 11.3 Å². The SMILES string of the molecule is COC(=O)c1ccc(CNC(=O)c2cc(-c3ccnn3C)ccc2Oc2ccc(F)cc2)cc1. The maximum atomic E-state index is 13.3. The summed E-state index contributed by atoms with van der Waals surface area (Å²) in [4.78, 5) is 24.8. The molecular formula is C26H22FN3O4. The molecule has 1 aromatic heterocycles. The third-order valence-corrected chi connectivity index (χ3v) is 5.21. The van der Waals surface area contributed by atoms with E-state index >= 15 is 0 Å². The van der Waals surface area contributed by atoms with Crippen LogP contribution in [0.2, 0.25) is 0 Å². The van der Waals surface area contributed by atoms with Crippen molar-refractivity contribution in [2.75, 3.05) is 7.11 Å². The molecule has 0 unspecified atom stereocenters. The van der Waals surface area contributed by atoms with Crippen molar-refractivity contribution in [2.24, 2.45) is 7.05 Å². The van der Waals surface area contributed by atoms with Gasteiger partial charge in [-0.15, -0.1) is 0 Å². The second-order valence-corrected chi connectivity index (χ2v) is 7.48. The van der Waals surface area contributed by atoms with Crippen LogP contribution >= 0.6 is 0 Å². The van der Waals surface area contributed by atoms with E-state index in [1.54, 1.807) is 47.3 Å². The molecule has 0 radical (unpaired) electrons. The minimum atomic E-state index is -0.426. The smallest absolute Gasteiger partial charge is 0.337 e. The molecule has 1 heterocycles. The van der Waals surface area contributed by atoms with Gasteiger partial charge in [0.2, 0.25) is 0 Å². The first kappa shape index (κ1) is 22.7. The molecule has 0 fully saturated rings. The van der Waals surface area contributed by atoms with Gasteiger partial charge in [0.25, 0.3) is 5.91 Å². The monoisotopic (exact) mass is 459 g/mol. The molecule has 7 nitrogen and oxygen atoms in total. The summed E-state index contributed by atoms with van der Waals surface area (Å²) in [6.45, 7) is 0.242. The molecule has 34 heavy (non-hydrogen) atoms. The quantitative estimate of drug-likeness (QED) is 0.404. The third-order valence-electron chi connectivity index (χ3n) is 5.21. The first-order valence-electron chi connectivity index (χ1n) is 10.5. The number of nitrogens with one attached hydrogen (secondary N) is 1. The molecule has 0 aliphatic carbocycles. The Balaban J connectivity index is 1.58. The number of hydrogen-bond donors (Lipinski definition) is 1. The molecule has 0 atom stereocenters. The summed E-state index contributed by atoms with van der Waals surface area (Å²) in [5, 5.41) is 7.07. The highest BCUT2D eigenvalue weighted by molar-refractivity contribution is 5.98. The fraction of sp³-hybridized carbons (Fsp3) is 0.115. The van der Waals surface area contributed by atoms with Crippen LogP contribution in [0.4, 0.5) is 4.39 Å². The van der Waals surface area contributed by atoms with Crippen molar-refractivity contribution in [2.45, 2.75) is 6.54 Å². The molecule has 8 heteroatoms. The van der Waals surface area contributed by atoms with Crippen molar-refractivity contribution < 1.29 is 23.5 Å². The largest absolute Gasteiger partial charge is 0.465 e. The van der Waals surface area contributed by atoms with Crippen molar-refractivity contribution in [1.82, 2.24) is 15.1 Å². The predicted octanol–water partition coefficient (Wildman–Crippen LogP) is 4.74. The zero-order valence-electron chi connectivity index (χ0n) is 18.6. The number of hydrogen-bond acceptors (Lipinski definition) is 5. The zero-order chi connectivity index (χ0) is 24.1. The van der Waals surface area contributed by atoms with Gasteiger partial charge in [-0.1, -0.05) is 12.1 Å². The van der Waals surface area contributed by atoms with Gasteiger partial charge in [-0.05, 0) is 66.2 Å². The number of aryl methyl sites for hydroxylation is 1. The van der Waals surface area contributed by atoms with E-state index < -0.39 is 5.97 Å². The molecule has 4 rings (SSSR count). The summed E-state index contributed by atoms with van der Waals surface area (Å²) in [7, 11) is 3.14. The second kappa shape index (κ2) is 9.99. The lowest BCUT2D eigenvalue weighted by Gasteiger charge is -2.14. The minimum absolute atomic E-state index is 0.242. The fourth-order valence-electron chi connectivity index (χ4n) is 3.40. The Hall–Kier alpha value is -4.46. The molecule has 0 spiro atoms. The lowest BCUT2D eigenvalue weighted by molar-refractivity contribution is 0.0600. The summed E-state index contributed by atoms with van der Waals surface area (Å²) < 4.78 is 25.6. The Morgan fingerprint density at radius 3 is 2.38 bits per heavy atom. The molecule has 0 saturated carbocycles. The maximum absolute atomic E-state index is 13.3. The highest BCUT2D eigenvalue weighted by atomic mass is 19.1. The molecule has 0 bridgehead atoms. The zero-order valence-corrected chi connectivity index (χ0v) is 18.6. The van der Waals surface area contributed by atoms with E-state index in [1.165, 1.54) is 31.4 Å². The molecule has 0 aliphatic rings. The number of ether oxygens (including phenoxy) is 2. The first-order valence-corrected chi connectivity index (χ1v) is 10.5. The minimum Gasteiger partial charge on any atom is -0.465 e. The van der Waals surface area contributed by atoms with Crippen LogP contribution in [0, 0.1) is 5.82 Å². The summed E-state index contributed by atoms with van der Waals surface area (Å²) in [5.41, 5.74) is 3.18. The van der Waals surface area contributed by atoms with Gasteiger partial charge in [0, 0.05) is 25.4 Å². The summed E-state index contributed by atoms with van der Waals surface area (Å²) in [6, 6.07) is 19.4. The van der Waals surface area contributed by atoms with Crippen molar-refractivity contribution in [1.29, 1.82) is 0 Å². The lowest BCUT2D eigenvalue weighted by atomic mass is 10.1. The predicted molar refractivity (Wildman–Crippen MR) is 124 cm³/mol. The van der Waals surface area contributed by atoms with Gasteiger partial charge in [-0.3, -0.25) is 9.48 Å². The van der Waals surface area contributed by atoms with Gasteiger partial charge in [0.1, 0.15) is 17.3 Å². The number of halogens is 1. The number of benzene rings is 3. The standard InChI is InChI=1S/C26H22FN3O4/c1-30-23(13-14-29-30)19-7-12-24(34-21-10-8-20(27)9-11-21)22(15-19)25(31)28-16-17-3-5-18(6-4-17)26(32)33-2/h3-15H,16H2,1-2H3,(H,28,31). The first-order chi connectivity index (χ1) is 16.4. The summed E-state index contributed by atoms with van der Waals surface area (Å²) >= 11 is 0. The van der Waals surface area contributed by atoms with Crippen LogP contribution in [0.15, 0.2) is 79.0 Å². The number of aromatic nitrogens is 2. The molecule has 0 aliphatic heterocycles. The Morgan fingerprint density at radius 2 is 1.74 bits per heavy atom. The number of methoxy groups -OCH3 is 1. The number of rotatable bonds is 7. The Kier molecular flexibility index (Phi) is 6.68. The van der Waals surface area contributed by atoms with Crippen LogP contribution in [0.1, 0.15) is 26.3 Å². The number of carbonyl (C=O) groups excluding carboxylic acids is 2. The van der Waals surface area contributed by atoms with E-state index in [0.717, 1.165) is 16.8 Å². The lowest BCUT2D eigenvalue weighted by Crippen LogP contribution is -2.23. The van der Waals surface area contributed by atoms with E-state index in [0.29, 0.717) is 22.6 Å². The Labute approximate surface area is 195 Å². The maximum Gasteiger partial charge on any atom is 0.337 e. The topological polar surface area (TPSA) is 82.5 Å². The molecule has 172 valence electrons. The van der Waals surface area contributed by atoms with E-state index in [2.05, 4.69) is 10.4 Å². The summed E-state index contributed by atoms with van der Waals surface area (Å²) in [6.07, 6.45) is 1.68. The number of nitrogens with zero attached hydrogens (tertiary/aromatic N) is 2. The van der Waals surface area contributed by atoms with Crippen LogP contribution in [0.3, 0.4) is 0 Å². The van der Waals surface area contributed by atoms with Gasteiger partial charge in [-0.2, -0.15) is 5.10 Å².